The monoisotopic (exact) mass is 478 g/mol. The summed E-state index contributed by atoms with van der Waals surface area (Å²) in [5, 5.41) is 3.06. The molecule has 0 fully saturated rings. The minimum atomic E-state index is -2.72. The van der Waals surface area contributed by atoms with Gasteiger partial charge in [0.05, 0.1) is 13.5 Å². The van der Waals surface area contributed by atoms with Crippen molar-refractivity contribution in [2.75, 3.05) is 0 Å². The lowest BCUT2D eigenvalue weighted by molar-refractivity contribution is 0.593. The van der Waals surface area contributed by atoms with Crippen molar-refractivity contribution in [3.63, 3.8) is 0 Å². The van der Waals surface area contributed by atoms with E-state index in [0.717, 1.165) is 26.1 Å². The van der Waals surface area contributed by atoms with Crippen molar-refractivity contribution in [2.45, 2.75) is 51.9 Å². The standard InChI is InChI=1S/C22H24BrOPS2/c1-2-3-4-5-6-10-13-17-14-18-21(26-17)22-19(15-20(23)27-22)25(18,24)16-11-8-7-9-12-16/h7-9,11-12,14-15H,2-6,10,13H2,1H3. The van der Waals surface area contributed by atoms with E-state index >= 15 is 0 Å². The Morgan fingerprint density at radius 3 is 2.33 bits per heavy atom. The molecular formula is C22H24BrOPS2. The number of fused-ring (bicyclic) bond motifs is 3. The maximum Gasteiger partial charge on any atom is 0.174 e. The van der Waals surface area contributed by atoms with Crippen molar-refractivity contribution < 1.29 is 4.57 Å². The van der Waals surface area contributed by atoms with Crippen LogP contribution >= 0.6 is 45.7 Å². The van der Waals surface area contributed by atoms with Crippen molar-refractivity contribution in [2.24, 2.45) is 0 Å². The van der Waals surface area contributed by atoms with Gasteiger partial charge in [-0.15, -0.1) is 22.7 Å². The summed E-state index contributed by atoms with van der Waals surface area (Å²) in [4.78, 5) is 3.85. The molecule has 0 radical (unpaired) electrons. The zero-order valence-electron chi connectivity index (χ0n) is 15.5. The van der Waals surface area contributed by atoms with Crippen molar-refractivity contribution >= 4 is 61.7 Å². The normalized spacial score (nSPS) is 17.9. The molecule has 0 amide bonds. The van der Waals surface area contributed by atoms with Gasteiger partial charge in [0.1, 0.15) is 0 Å². The third kappa shape index (κ3) is 3.67. The first kappa shape index (κ1) is 19.6. The number of halogens is 1. The Kier molecular flexibility index (Phi) is 6.09. The second-order valence-electron chi connectivity index (χ2n) is 7.15. The highest BCUT2D eigenvalue weighted by Crippen LogP contribution is 2.57. The van der Waals surface area contributed by atoms with Crippen molar-refractivity contribution in [3.05, 3.63) is 51.1 Å². The van der Waals surface area contributed by atoms with Crippen LogP contribution in [0.3, 0.4) is 0 Å². The Bertz CT molecular complexity index is 974. The molecular weight excluding hydrogens is 455 g/mol. The lowest BCUT2D eigenvalue weighted by Gasteiger charge is -2.13. The molecule has 1 unspecified atom stereocenters. The van der Waals surface area contributed by atoms with E-state index in [1.54, 1.807) is 11.3 Å². The van der Waals surface area contributed by atoms with Crippen LogP contribution in [0.1, 0.15) is 50.3 Å². The summed E-state index contributed by atoms with van der Waals surface area (Å²) in [6, 6.07) is 14.4. The number of benzene rings is 1. The van der Waals surface area contributed by atoms with Gasteiger partial charge in [0.15, 0.2) is 7.14 Å². The van der Waals surface area contributed by atoms with Gasteiger partial charge in [-0.3, -0.25) is 0 Å². The van der Waals surface area contributed by atoms with Gasteiger partial charge >= 0.3 is 0 Å². The molecule has 0 bridgehead atoms. The number of thiophene rings is 2. The Morgan fingerprint density at radius 2 is 1.56 bits per heavy atom. The zero-order chi connectivity index (χ0) is 18.9. The van der Waals surface area contributed by atoms with Crippen LogP contribution in [-0.2, 0) is 11.0 Å². The largest absolute Gasteiger partial charge is 0.309 e. The van der Waals surface area contributed by atoms with Gasteiger partial charge in [-0.05, 0) is 40.9 Å². The molecule has 1 atom stereocenters. The maximum absolute atomic E-state index is 14.3. The lowest BCUT2D eigenvalue weighted by atomic mass is 10.1. The van der Waals surface area contributed by atoms with Crippen molar-refractivity contribution in [3.8, 4) is 9.75 Å². The highest BCUT2D eigenvalue weighted by Gasteiger charge is 2.43. The Morgan fingerprint density at radius 1 is 0.889 bits per heavy atom. The van der Waals surface area contributed by atoms with Gasteiger partial charge in [-0.25, -0.2) is 0 Å². The van der Waals surface area contributed by atoms with Crippen LogP contribution < -0.4 is 15.9 Å². The molecule has 3 aromatic rings. The van der Waals surface area contributed by atoms with E-state index in [4.69, 9.17) is 0 Å². The summed E-state index contributed by atoms with van der Waals surface area (Å²) < 4.78 is 15.4. The summed E-state index contributed by atoms with van der Waals surface area (Å²) in [6.07, 6.45) is 8.99. The summed E-state index contributed by atoms with van der Waals surface area (Å²) in [6.45, 7) is 2.26. The van der Waals surface area contributed by atoms with Crippen molar-refractivity contribution in [1.29, 1.82) is 0 Å². The van der Waals surface area contributed by atoms with Crippen LogP contribution in [0.4, 0.5) is 0 Å². The van der Waals surface area contributed by atoms with E-state index in [-0.39, 0.29) is 0 Å². The van der Waals surface area contributed by atoms with E-state index in [0.29, 0.717) is 0 Å². The van der Waals surface area contributed by atoms with Gasteiger partial charge in [-0.1, -0.05) is 69.4 Å². The summed E-state index contributed by atoms with van der Waals surface area (Å²) >= 11 is 7.20. The fourth-order valence-corrected chi connectivity index (χ4v) is 11.0. The minimum Gasteiger partial charge on any atom is -0.309 e. The molecule has 1 nitrogen and oxygen atoms in total. The molecule has 0 N–H and O–H groups in total. The maximum atomic E-state index is 14.3. The molecule has 5 heteroatoms. The molecule has 1 aromatic carbocycles. The van der Waals surface area contributed by atoms with E-state index in [2.05, 4.69) is 35.0 Å². The minimum absolute atomic E-state index is 0.958. The first-order valence-electron chi connectivity index (χ1n) is 9.73. The summed E-state index contributed by atoms with van der Waals surface area (Å²) in [5.74, 6) is 0. The summed E-state index contributed by atoms with van der Waals surface area (Å²) in [7, 11) is -2.72. The molecule has 1 aliphatic rings. The molecule has 0 saturated carbocycles. The van der Waals surface area contributed by atoms with E-state index in [1.165, 1.54) is 53.2 Å². The number of hydrogen-bond donors (Lipinski definition) is 0. The first-order valence-corrected chi connectivity index (χ1v) is 13.9. The Labute approximate surface area is 178 Å². The fourth-order valence-electron chi connectivity index (χ4n) is 3.82. The predicted molar refractivity (Wildman–Crippen MR) is 125 cm³/mol. The molecule has 2 aromatic heterocycles. The molecule has 3 heterocycles. The van der Waals surface area contributed by atoms with Crippen LogP contribution in [0.2, 0.25) is 0 Å². The second kappa shape index (κ2) is 8.37. The Balaban J connectivity index is 1.62. The van der Waals surface area contributed by atoms with Gasteiger partial charge < -0.3 is 4.57 Å². The lowest BCUT2D eigenvalue weighted by Crippen LogP contribution is -2.19. The van der Waals surface area contributed by atoms with Crippen LogP contribution in [0.5, 0.6) is 0 Å². The quantitative estimate of drug-likeness (QED) is 0.195. The Hall–Kier alpha value is -0.670. The molecule has 27 heavy (non-hydrogen) atoms. The van der Waals surface area contributed by atoms with Gasteiger partial charge in [0.2, 0.25) is 0 Å². The zero-order valence-corrected chi connectivity index (χ0v) is 19.7. The SMILES string of the molecule is CCCCCCCCc1cc2c(s1)-c1sc(Br)cc1P2(=O)c1ccccc1. The molecule has 0 spiro atoms. The van der Waals surface area contributed by atoms with Crippen LogP contribution in [0.15, 0.2) is 46.3 Å². The van der Waals surface area contributed by atoms with E-state index in [9.17, 15) is 4.57 Å². The van der Waals surface area contributed by atoms with Crippen LogP contribution in [0.25, 0.3) is 9.75 Å². The number of aryl methyl sites for hydroxylation is 1. The first-order chi connectivity index (χ1) is 13.1. The van der Waals surface area contributed by atoms with Crippen LogP contribution in [0, 0.1) is 0 Å². The molecule has 4 rings (SSSR count). The third-order valence-electron chi connectivity index (χ3n) is 5.23. The molecule has 0 saturated heterocycles. The predicted octanol–water partition coefficient (Wildman–Crippen LogP) is 7.09. The average molecular weight is 479 g/mol. The van der Waals surface area contributed by atoms with Gasteiger partial charge in [0, 0.05) is 20.8 Å². The highest BCUT2D eigenvalue weighted by atomic mass is 79.9. The van der Waals surface area contributed by atoms with Crippen molar-refractivity contribution in [1.82, 2.24) is 0 Å². The van der Waals surface area contributed by atoms with E-state index < -0.39 is 7.14 Å². The van der Waals surface area contributed by atoms with Crippen LogP contribution in [-0.4, -0.2) is 0 Å². The highest BCUT2D eigenvalue weighted by molar-refractivity contribution is 9.11. The smallest absolute Gasteiger partial charge is 0.174 e. The number of rotatable bonds is 8. The second-order valence-corrected chi connectivity index (χ2v) is 13.4. The molecule has 1 aliphatic heterocycles. The number of hydrogen-bond acceptors (Lipinski definition) is 3. The summed E-state index contributed by atoms with van der Waals surface area (Å²) in [5.41, 5.74) is 0. The third-order valence-corrected chi connectivity index (χ3v) is 11.6. The topological polar surface area (TPSA) is 17.1 Å². The molecule has 0 aliphatic carbocycles. The fraction of sp³-hybridized carbons (Fsp3) is 0.364. The van der Waals surface area contributed by atoms with Gasteiger partial charge in [0.25, 0.3) is 0 Å². The number of unbranched alkanes of at least 4 members (excludes halogenated alkanes) is 5. The molecule has 142 valence electrons. The van der Waals surface area contributed by atoms with Gasteiger partial charge in [-0.2, -0.15) is 0 Å². The van der Waals surface area contributed by atoms with E-state index in [1.807, 2.05) is 41.7 Å². The average Bonchev–Trinajstić information content (AvgIpc) is 3.33.